The third kappa shape index (κ3) is 11.2. The lowest BCUT2D eigenvalue weighted by Crippen LogP contribution is -2.52. The second kappa shape index (κ2) is 13.3. The van der Waals surface area contributed by atoms with Crippen LogP contribution in [0.1, 0.15) is 39.7 Å². The summed E-state index contributed by atoms with van der Waals surface area (Å²) < 4.78 is 0. The molecule has 0 fully saturated rings. The van der Waals surface area contributed by atoms with Crippen LogP contribution in [0.4, 0.5) is 0 Å². The van der Waals surface area contributed by atoms with E-state index in [1.807, 2.05) is 58.0 Å². The summed E-state index contributed by atoms with van der Waals surface area (Å²) in [6.45, 7) is 7.93. The van der Waals surface area contributed by atoms with E-state index in [1.54, 1.807) is 0 Å². The van der Waals surface area contributed by atoms with Crippen LogP contribution in [0, 0.1) is 11.8 Å². The summed E-state index contributed by atoms with van der Waals surface area (Å²) in [7, 11) is 0. The first kappa shape index (κ1) is 25.1. The highest BCUT2D eigenvalue weighted by molar-refractivity contribution is 5.92. The van der Waals surface area contributed by atoms with E-state index >= 15 is 0 Å². The number of amides is 4. The maximum absolute atomic E-state index is 12.6. The minimum atomic E-state index is -0.861. The molecule has 8 nitrogen and oxygen atoms in total. The molecule has 0 spiro atoms. The molecule has 0 aliphatic rings. The summed E-state index contributed by atoms with van der Waals surface area (Å²) in [6, 6.07) is 8.40. The molecule has 0 saturated heterocycles. The molecular formula is C22H34N4O4. The quantitative estimate of drug-likeness (QED) is 0.401. The van der Waals surface area contributed by atoms with Crippen LogP contribution >= 0.6 is 0 Å². The predicted molar refractivity (Wildman–Crippen MR) is 115 cm³/mol. The summed E-state index contributed by atoms with van der Waals surface area (Å²) in [5, 5.41) is 10.5. The molecule has 30 heavy (non-hydrogen) atoms. The van der Waals surface area contributed by atoms with Crippen LogP contribution in [-0.4, -0.2) is 49.3 Å². The smallest absolute Gasteiger partial charge is 0.243 e. The van der Waals surface area contributed by atoms with E-state index in [-0.39, 0.29) is 37.2 Å². The van der Waals surface area contributed by atoms with Gasteiger partial charge in [-0.3, -0.25) is 19.2 Å². The van der Waals surface area contributed by atoms with Gasteiger partial charge < -0.3 is 21.3 Å². The van der Waals surface area contributed by atoms with E-state index in [9.17, 15) is 19.2 Å². The van der Waals surface area contributed by atoms with Gasteiger partial charge in [0.15, 0.2) is 0 Å². The van der Waals surface area contributed by atoms with Gasteiger partial charge in [-0.05, 0) is 17.4 Å². The summed E-state index contributed by atoms with van der Waals surface area (Å²) in [5.41, 5.74) is 0.867. The molecule has 0 unspecified atom stereocenters. The number of carbonyl (C=O) groups excluding carboxylic acids is 4. The number of benzene rings is 1. The third-order valence-corrected chi connectivity index (χ3v) is 4.10. The van der Waals surface area contributed by atoms with E-state index in [0.29, 0.717) is 18.9 Å². The number of carbonyl (C=O) groups is 4. The lowest BCUT2D eigenvalue weighted by molar-refractivity contribution is -0.131. The zero-order valence-electron chi connectivity index (χ0n) is 18.3. The lowest BCUT2D eigenvalue weighted by Gasteiger charge is -2.19. The Bertz CT molecular complexity index is 704. The van der Waals surface area contributed by atoms with Crippen molar-refractivity contribution >= 4 is 23.6 Å². The van der Waals surface area contributed by atoms with Crippen LogP contribution in [0.3, 0.4) is 0 Å². The molecule has 1 aromatic rings. The van der Waals surface area contributed by atoms with Crippen molar-refractivity contribution in [3.63, 3.8) is 0 Å². The first-order valence-corrected chi connectivity index (χ1v) is 10.3. The van der Waals surface area contributed by atoms with Crippen LogP contribution < -0.4 is 21.3 Å². The molecule has 166 valence electrons. The normalized spacial score (nSPS) is 11.7. The van der Waals surface area contributed by atoms with Crippen molar-refractivity contribution in [3.05, 3.63) is 35.9 Å². The number of hydrogen-bond donors (Lipinski definition) is 4. The van der Waals surface area contributed by atoms with Crippen molar-refractivity contribution in [2.75, 3.05) is 19.6 Å². The van der Waals surface area contributed by atoms with Crippen molar-refractivity contribution in [2.45, 2.75) is 46.6 Å². The van der Waals surface area contributed by atoms with E-state index in [2.05, 4.69) is 21.3 Å². The molecule has 0 bridgehead atoms. The van der Waals surface area contributed by atoms with E-state index in [4.69, 9.17) is 0 Å². The van der Waals surface area contributed by atoms with Gasteiger partial charge in [-0.1, -0.05) is 58.0 Å². The Kier molecular flexibility index (Phi) is 11.2. The van der Waals surface area contributed by atoms with Crippen molar-refractivity contribution < 1.29 is 19.2 Å². The van der Waals surface area contributed by atoms with Crippen LogP contribution in [0.5, 0.6) is 0 Å². The fourth-order valence-corrected chi connectivity index (χ4v) is 2.60. The fraction of sp³-hybridized carbons (Fsp3) is 0.545. The van der Waals surface area contributed by atoms with Crippen molar-refractivity contribution in [2.24, 2.45) is 11.8 Å². The molecule has 0 aliphatic heterocycles. The standard InChI is InChI=1S/C22H34N4O4/c1-15(2)10-19(27)24-14-21(29)26-18(11-17-8-6-5-7-9-17)22(30)25-13-20(28)23-12-16(3)4/h5-9,15-16,18H,10-14H2,1-4H3,(H,23,28)(H,24,27)(H,25,30)(H,26,29)/t18-/m0/s1. The highest BCUT2D eigenvalue weighted by atomic mass is 16.2. The topological polar surface area (TPSA) is 116 Å². The van der Waals surface area contributed by atoms with Gasteiger partial charge >= 0.3 is 0 Å². The molecule has 0 aliphatic carbocycles. The Morgan fingerprint density at radius 1 is 0.767 bits per heavy atom. The Morgan fingerprint density at radius 2 is 1.40 bits per heavy atom. The molecule has 0 saturated carbocycles. The molecule has 0 aromatic heterocycles. The first-order chi connectivity index (χ1) is 14.2. The zero-order chi connectivity index (χ0) is 22.5. The van der Waals surface area contributed by atoms with E-state index in [0.717, 1.165) is 5.56 Å². The average molecular weight is 419 g/mol. The van der Waals surface area contributed by atoms with Gasteiger partial charge in [0.25, 0.3) is 0 Å². The molecule has 8 heteroatoms. The molecule has 4 amide bonds. The third-order valence-electron chi connectivity index (χ3n) is 4.10. The van der Waals surface area contributed by atoms with E-state index in [1.165, 1.54) is 0 Å². The largest absolute Gasteiger partial charge is 0.354 e. The zero-order valence-corrected chi connectivity index (χ0v) is 18.3. The summed E-state index contributed by atoms with van der Waals surface area (Å²) in [4.78, 5) is 48.5. The average Bonchev–Trinajstić information content (AvgIpc) is 2.68. The number of hydrogen-bond acceptors (Lipinski definition) is 4. The van der Waals surface area contributed by atoms with Gasteiger partial charge in [-0.25, -0.2) is 0 Å². The summed E-state index contributed by atoms with van der Waals surface area (Å²) in [6.07, 6.45) is 0.596. The first-order valence-electron chi connectivity index (χ1n) is 10.3. The monoisotopic (exact) mass is 418 g/mol. The Hall–Kier alpha value is -2.90. The second-order valence-electron chi connectivity index (χ2n) is 8.10. The van der Waals surface area contributed by atoms with E-state index < -0.39 is 17.9 Å². The second-order valence-corrected chi connectivity index (χ2v) is 8.10. The van der Waals surface area contributed by atoms with Gasteiger partial charge in [-0.2, -0.15) is 0 Å². The minimum Gasteiger partial charge on any atom is -0.354 e. The maximum atomic E-state index is 12.6. The van der Waals surface area contributed by atoms with Gasteiger partial charge in [0, 0.05) is 19.4 Å². The maximum Gasteiger partial charge on any atom is 0.243 e. The molecule has 0 heterocycles. The van der Waals surface area contributed by atoms with Crippen LogP contribution in [0.15, 0.2) is 30.3 Å². The van der Waals surface area contributed by atoms with Crippen LogP contribution in [-0.2, 0) is 25.6 Å². The lowest BCUT2D eigenvalue weighted by atomic mass is 10.1. The van der Waals surface area contributed by atoms with Gasteiger partial charge in [0.2, 0.25) is 23.6 Å². The highest BCUT2D eigenvalue weighted by Crippen LogP contribution is 2.04. The predicted octanol–water partition coefficient (Wildman–Crippen LogP) is 0.765. The SMILES string of the molecule is CC(C)CNC(=O)CNC(=O)[C@H](Cc1ccccc1)NC(=O)CNC(=O)CC(C)C. The highest BCUT2D eigenvalue weighted by Gasteiger charge is 2.22. The van der Waals surface area contributed by atoms with Crippen molar-refractivity contribution in [1.82, 2.24) is 21.3 Å². The summed E-state index contributed by atoms with van der Waals surface area (Å²) >= 11 is 0. The number of rotatable bonds is 12. The van der Waals surface area contributed by atoms with Crippen molar-refractivity contribution in [1.29, 1.82) is 0 Å². The Morgan fingerprint density at radius 3 is 2.00 bits per heavy atom. The molecule has 1 rings (SSSR count). The molecule has 1 atom stereocenters. The van der Waals surface area contributed by atoms with Gasteiger partial charge in [0.1, 0.15) is 6.04 Å². The molecule has 0 radical (unpaired) electrons. The fourth-order valence-electron chi connectivity index (χ4n) is 2.60. The Balaban J connectivity index is 2.65. The van der Waals surface area contributed by atoms with Gasteiger partial charge in [-0.15, -0.1) is 0 Å². The molecular weight excluding hydrogens is 384 g/mol. The van der Waals surface area contributed by atoms with Crippen LogP contribution in [0.2, 0.25) is 0 Å². The van der Waals surface area contributed by atoms with Gasteiger partial charge in [0.05, 0.1) is 13.1 Å². The minimum absolute atomic E-state index is 0.169. The number of nitrogens with one attached hydrogen (secondary N) is 4. The van der Waals surface area contributed by atoms with Crippen LogP contribution in [0.25, 0.3) is 0 Å². The summed E-state index contributed by atoms with van der Waals surface area (Å²) in [5.74, 6) is -0.936. The molecule has 4 N–H and O–H groups in total. The molecule has 1 aromatic carbocycles. The van der Waals surface area contributed by atoms with Crippen molar-refractivity contribution in [3.8, 4) is 0 Å². The Labute approximate surface area is 178 Å².